The van der Waals surface area contributed by atoms with Gasteiger partial charge in [0.05, 0.1) is 13.2 Å². The Hall–Kier alpha value is -1.10. The highest BCUT2D eigenvalue weighted by Gasteiger charge is 2.31. The zero-order valence-electron chi connectivity index (χ0n) is 7.97. The van der Waals surface area contributed by atoms with Crippen molar-refractivity contribution in [3.8, 4) is 0 Å². The molecule has 0 N–H and O–H groups in total. The number of aromatic nitrogens is 1. The first-order valence-corrected chi connectivity index (χ1v) is 5.45. The molecule has 1 aromatic rings. The minimum absolute atomic E-state index is 0.127. The molecule has 0 saturated carbocycles. The van der Waals surface area contributed by atoms with Crippen LogP contribution in [-0.2, 0) is 4.74 Å². The van der Waals surface area contributed by atoms with Gasteiger partial charge in [0.2, 0.25) is 0 Å². The lowest BCUT2D eigenvalue weighted by atomic mass is 10.2. The number of thiazole rings is 1. The van der Waals surface area contributed by atoms with E-state index in [0.717, 1.165) is 24.4 Å². The molecule has 5 heteroatoms. The molecule has 14 heavy (non-hydrogen) atoms. The second-order valence-electron chi connectivity index (χ2n) is 3.19. The Morgan fingerprint density at radius 1 is 1.79 bits per heavy atom. The molecular formula is C9H12N2O2S. The van der Waals surface area contributed by atoms with E-state index >= 15 is 0 Å². The highest BCUT2D eigenvalue weighted by atomic mass is 32.1. The Morgan fingerprint density at radius 3 is 3.29 bits per heavy atom. The van der Waals surface area contributed by atoms with Gasteiger partial charge in [-0.3, -0.25) is 4.90 Å². The van der Waals surface area contributed by atoms with Gasteiger partial charge in [0.15, 0.2) is 0 Å². The number of nitrogens with zero attached hydrogens (tertiary/aromatic N) is 2. The average Bonchev–Trinajstić information content (AvgIpc) is 2.85. The first-order valence-electron chi connectivity index (χ1n) is 4.57. The van der Waals surface area contributed by atoms with Gasteiger partial charge in [-0.15, -0.1) is 11.3 Å². The minimum Gasteiger partial charge on any atom is -0.453 e. The molecule has 1 unspecified atom stereocenters. The molecule has 0 bridgehead atoms. The molecule has 0 spiro atoms. The van der Waals surface area contributed by atoms with E-state index < -0.39 is 0 Å². The van der Waals surface area contributed by atoms with Gasteiger partial charge in [-0.2, -0.15) is 0 Å². The van der Waals surface area contributed by atoms with Crippen LogP contribution in [0.2, 0.25) is 0 Å². The van der Waals surface area contributed by atoms with Gasteiger partial charge >= 0.3 is 6.09 Å². The van der Waals surface area contributed by atoms with Gasteiger partial charge < -0.3 is 4.74 Å². The number of carbonyl (C=O) groups is 1. The normalized spacial score (nSPS) is 21.2. The molecule has 1 aromatic heterocycles. The fourth-order valence-electron chi connectivity index (χ4n) is 1.76. The number of hydrogen-bond acceptors (Lipinski definition) is 4. The van der Waals surface area contributed by atoms with Crippen LogP contribution in [0.4, 0.5) is 4.79 Å². The summed E-state index contributed by atoms with van der Waals surface area (Å²) in [6.45, 7) is 0.775. The smallest absolute Gasteiger partial charge is 0.410 e. The summed E-state index contributed by atoms with van der Waals surface area (Å²) in [7, 11) is 1.42. The van der Waals surface area contributed by atoms with Crippen molar-refractivity contribution in [2.75, 3.05) is 13.7 Å². The summed E-state index contributed by atoms with van der Waals surface area (Å²) >= 11 is 1.59. The molecule has 76 valence electrons. The molecule has 0 radical (unpaired) electrons. The van der Waals surface area contributed by atoms with Crippen molar-refractivity contribution in [2.45, 2.75) is 18.9 Å². The number of likely N-dealkylation sites (tertiary alicyclic amines) is 1. The Bertz CT molecular complexity index is 313. The van der Waals surface area contributed by atoms with E-state index in [1.54, 1.807) is 22.4 Å². The van der Waals surface area contributed by atoms with Crippen molar-refractivity contribution in [1.29, 1.82) is 0 Å². The molecule has 1 saturated heterocycles. The summed E-state index contributed by atoms with van der Waals surface area (Å²) in [4.78, 5) is 17.4. The zero-order chi connectivity index (χ0) is 9.97. The van der Waals surface area contributed by atoms with Crippen LogP contribution in [0.5, 0.6) is 0 Å². The maximum Gasteiger partial charge on any atom is 0.410 e. The molecule has 2 rings (SSSR count). The van der Waals surface area contributed by atoms with Crippen LogP contribution in [0.25, 0.3) is 0 Å². The summed E-state index contributed by atoms with van der Waals surface area (Å²) in [5, 5.41) is 2.94. The van der Waals surface area contributed by atoms with Gasteiger partial charge in [0.1, 0.15) is 5.01 Å². The number of methoxy groups -OCH3 is 1. The summed E-state index contributed by atoms with van der Waals surface area (Å²) in [6, 6.07) is 0.127. The molecule has 1 amide bonds. The lowest BCUT2D eigenvalue weighted by molar-refractivity contribution is 0.119. The van der Waals surface area contributed by atoms with E-state index in [9.17, 15) is 4.79 Å². The molecule has 1 aliphatic rings. The average molecular weight is 212 g/mol. The van der Waals surface area contributed by atoms with Crippen molar-refractivity contribution >= 4 is 17.4 Å². The van der Waals surface area contributed by atoms with Crippen molar-refractivity contribution in [2.24, 2.45) is 0 Å². The number of rotatable bonds is 1. The van der Waals surface area contributed by atoms with Crippen LogP contribution in [0, 0.1) is 0 Å². The molecule has 0 aromatic carbocycles. The van der Waals surface area contributed by atoms with Crippen molar-refractivity contribution in [3.63, 3.8) is 0 Å². The minimum atomic E-state index is -0.247. The number of ether oxygens (including phenoxy) is 1. The Morgan fingerprint density at radius 2 is 2.64 bits per heavy atom. The molecule has 2 heterocycles. The van der Waals surface area contributed by atoms with E-state index in [0.29, 0.717) is 0 Å². The van der Waals surface area contributed by atoms with Gasteiger partial charge in [-0.1, -0.05) is 0 Å². The fourth-order valence-corrected chi connectivity index (χ4v) is 2.54. The van der Waals surface area contributed by atoms with Crippen LogP contribution in [-0.4, -0.2) is 29.6 Å². The van der Waals surface area contributed by atoms with E-state index in [1.165, 1.54) is 7.11 Å². The summed E-state index contributed by atoms with van der Waals surface area (Å²) in [5.74, 6) is 0. The first kappa shape index (κ1) is 9.45. The predicted octanol–water partition coefficient (Wildman–Crippen LogP) is 2.05. The van der Waals surface area contributed by atoms with Gasteiger partial charge in [-0.25, -0.2) is 9.78 Å². The molecule has 1 atom stereocenters. The van der Waals surface area contributed by atoms with Crippen molar-refractivity contribution < 1.29 is 9.53 Å². The second-order valence-corrected chi connectivity index (χ2v) is 4.12. The highest BCUT2D eigenvalue weighted by Crippen LogP contribution is 2.33. The monoisotopic (exact) mass is 212 g/mol. The van der Waals surface area contributed by atoms with Crippen LogP contribution >= 0.6 is 11.3 Å². The Balaban J connectivity index is 2.15. The number of carbonyl (C=O) groups excluding carboxylic acids is 1. The van der Waals surface area contributed by atoms with Crippen molar-refractivity contribution in [1.82, 2.24) is 9.88 Å². The maximum absolute atomic E-state index is 11.4. The molecular weight excluding hydrogens is 200 g/mol. The summed E-state index contributed by atoms with van der Waals surface area (Å²) in [5.41, 5.74) is 0. The Labute approximate surface area is 86.5 Å². The van der Waals surface area contributed by atoms with E-state index in [4.69, 9.17) is 4.74 Å². The largest absolute Gasteiger partial charge is 0.453 e. The van der Waals surface area contributed by atoms with Gasteiger partial charge in [0, 0.05) is 18.1 Å². The van der Waals surface area contributed by atoms with Crippen LogP contribution < -0.4 is 0 Å². The maximum atomic E-state index is 11.4. The predicted molar refractivity (Wildman–Crippen MR) is 53.2 cm³/mol. The second kappa shape index (κ2) is 3.96. The van der Waals surface area contributed by atoms with E-state index in [2.05, 4.69) is 4.98 Å². The quantitative estimate of drug-likeness (QED) is 0.715. The topological polar surface area (TPSA) is 42.4 Å². The van der Waals surface area contributed by atoms with Gasteiger partial charge in [-0.05, 0) is 12.8 Å². The van der Waals surface area contributed by atoms with E-state index in [1.807, 2.05) is 5.38 Å². The third kappa shape index (κ3) is 1.59. The van der Waals surface area contributed by atoms with Crippen molar-refractivity contribution in [3.05, 3.63) is 16.6 Å². The SMILES string of the molecule is COC(=O)N1CCCC1c1nccs1. The standard InChI is InChI=1S/C9H12N2O2S/c1-13-9(12)11-5-2-3-7(11)8-10-4-6-14-8/h4,6-7H,2-3,5H2,1H3. The molecule has 4 nitrogen and oxygen atoms in total. The lowest BCUT2D eigenvalue weighted by Crippen LogP contribution is -2.30. The van der Waals surface area contributed by atoms with Gasteiger partial charge in [0.25, 0.3) is 0 Å². The number of amides is 1. The van der Waals surface area contributed by atoms with Crippen LogP contribution in [0.1, 0.15) is 23.9 Å². The summed E-state index contributed by atoms with van der Waals surface area (Å²) < 4.78 is 4.73. The molecule has 1 aliphatic heterocycles. The third-order valence-corrected chi connectivity index (χ3v) is 3.28. The van der Waals surface area contributed by atoms with Crippen LogP contribution in [0.3, 0.4) is 0 Å². The fraction of sp³-hybridized carbons (Fsp3) is 0.556. The number of hydrogen-bond donors (Lipinski definition) is 0. The molecule has 0 aliphatic carbocycles. The summed E-state index contributed by atoms with van der Waals surface area (Å²) in [6.07, 6.45) is 3.54. The third-order valence-electron chi connectivity index (χ3n) is 2.40. The zero-order valence-corrected chi connectivity index (χ0v) is 8.79. The van der Waals surface area contributed by atoms with Crippen LogP contribution in [0.15, 0.2) is 11.6 Å². The molecule has 1 fully saturated rings. The highest BCUT2D eigenvalue weighted by molar-refractivity contribution is 7.09. The Kier molecular flexibility index (Phi) is 2.67. The lowest BCUT2D eigenvalue weighted by Gasteiger charge is -2.21. The first-order chi connectivity index (χ1) is 6.83. The van der Waals surface area contributed by atoms with E-state index in [-0.39, 0.29) is 12.1 Å².